The van der Waals surface area contributed by atoms with Crippen LogP contribution in [0.25, 0.3) is 0 Å². The molecule has 0 atom stereocenters. The Morgan fingerprint density at radius 3 is 1.43 bits per heavy atom. The zero-order chi connectivity index (χ0) is 18.0. The maximum absolute atomic E-state index is 11.7. The van der Waals surface area contributed by atoms with Crippen LogP contribution in [0.15, 0.2) is 0 Å². The molecule has 10 nitrogen and oxygen atoms in total. The maximum atomic E-state index is 11.7. The van der Waals surface area contributed by atoms with E-state index in [0.29, 0.717) is 0 Å². The predicted octanol–water partition coefficient (Wildman–Crippen LogP) is -1.63. The number of carbonyl (C=O) groups is 4. The van der Waals surface area contributed by atoms with Crippen LogP contribution in [-0.2, 0) is 19.2 Å². The number of nitrogens with zero attached hydrogens (tertiary/aromatic N) is 2. The number of carbonyl (C=O) groups excluding carboxylic acids is 1. The molecule has 0 unspecified atom stereocenters. The monoisotopic (exact) mass is 333 g/mol. The van der Waals surface area contributed by atoms with E-state index in [1.54, 1.807) is 13.8 Å². The van der Waals surface area contributed by atoms with Crippen LogP contribution < -0.4 is 5.32 Å². The summed E-state index contributed by atoms with van der Waals surface area (Å²) in [5.74, 6) is -3.86. The van der Waals surface area contributed by atoms with Gasteiger partial charge < -0.3 is 20.6 Å². The second kappa shape index (κ2) is 10.5. The van der Waals surface area contributed by atoms with E-state index in [1.165, 1.54) is 4.90 Å². The first-order chi connectivity index (χ1) is 10.6. The summed E-state index contributed by atoms with van der Waals surface area (Å²) >= 11 is 0. The Labute approximate surface area is 133 Å². The summed E-state index contributed by atoms with van der Waals surface area (Å²) in [5, 5.41) is 29.0. The molecule has 4 N–H and O–H groups in total. The van der Waals surface area contributed by atoms with Gasteiger partial charge in [-0.2, -0.15) is 0 Å². The van der Waals surface area contributed by atoms with Crippen molar-refractivity contribution >= 4 is 23.8 Å². The Kier molecular flexibility index (Phi) is 9.51. The van der Waals surface area contributed by atoms with Gasteiger partial charge in [-0.1, -0.05) is 0 Å². The van der Waals surface area contributed by atoms with E-state index in [-0.39, 0.29) is 31.6 Å². The van der Waals surface area contributed by atoms with Gasteiger partial charge in [0, 0.05) is 19.1 Å². The van der Waals surface area contributed by atoms with Crippen molar-refractivity contribution in [3.63, 3.8) is 0 Å². The SMILES string of the molecule is CC(C)NC(=O)CN(CCN(CC(=O)O)CC(=O)O)CC(=O)O. The van der Waals surface area contributed by atoms with Crippen molar-refractivity contribution in [1.82, 2.24) is 15.1 Å². The quantitative estimate of drug-likeness (QED) is 0.330. The first kappa shape index (κ1) is 20.8. The average molecular weight is 333 g/mol. The van der Waals surface area contributed by atoms with E-state index in [4.69, 9.17) is 15.3 Å². The van der Waals surface area contributed by atoms with Gasteiger partial charge in [-0.15, -0.1) is 0 Å². The number of carboxylic acid groups (broad SMARTS) is 3. The van der Waals surface area contributed by atoms with Gasteiger partial charge in [0.15, 0.2) is 0 Å². The Morgan fingerprint density at radius 2 is 1.13 bits per heavy atom. The van der Waals surface area contributed by atoms with Crippen LogP contribution in [0.3, 0.4) is 0 Å². The van der Waals surface area contributed by atoms with Crippen molar-refractivity contribution in [3.8, 4) is 0 Å². The molecule has 0 saturated heterocycles. The number of rotatable bonds is 12. The largest absolute Gasteiger partial charge is 0.480 e. The van der Waals surface area contributed by atoms with Gasteiger partial charge in [-0.3, -0.25) is 29.0 Å². The highest BCUT2D eigenvalue weighted by molar-refractivity contribution is 5.79. The third kappa shape index (κ3) is 12.1. The van der Waals surface area contributed by atoms with Crippen molar-refractivity contribution in [2.45, 2.75) is 19.9 Å². The standard InChI is InChI=1S/C13H23N3O7/c1-9(2)14-10(17)5-15(6-11(18)19)3-4-16(7-12(20)21)8-13(22)23/h9H,3-8H2,1-2H3,(H,14,17)(H,18,19)(H,20,21)(H,22,23). The molecule has 23 heavy (non-hydrogen) atoms. The maximum Gasteiger partial charge on any atom is 0.317 e. The second-order valence-electron chi connectivity index (χ2n) is 5.32. The number of aliphatic carboxylic acids is 3. The molecule has 0 aliphatic carbocycles. The Balaban J connectivity index is 4.65. The topological polar surface area (TPSA) is 147 Å². The van der Waals surface area contributed by atoms with Gasteiger partial charge in [0.05, 0.1) is 26.2 Å². The number of nitrogens with one attached hydrogen (secondary N) is 1. The number of carboxylic acids is 3. The van der Waals surface area contributed by atoms with Crippen molar-refractivity contribution < 1.29 is 34.5 Å². The molecule has 0 aromatic carbocycles. The Bertz CT molecular complexity index is 423. The van der Waals surface area contributed by atoms with Crippen molar-refractivity contribution in [2.24, 2.45) is 0 Å². The molecule has 0 radical (unpaired) electrons. The van der Waals surface area contributed by atoms with Gasteiger partial charge in [0.25, 0.3) is 0 Å². The fraction of sp³-hybridized carbons (Fsp3) is 0.692. The number of amides is 1. The molecule has 0 aromatic heterocycles. The molecular formula is C13H23N3O7. The fourth-order valence-electron chi connectivity index (χ4n) is 1.86. The minimum atomic E-state index is -1.19. The van der Waals surface area contributed by atoms with Crippen LogP contribution in [0, 0.1) is 0 Å². The van der Waals surface area contributed by atoms with E-state index >= 15 is 0 Å². The van der Waals surface area contributed by atoms with Crippen LogP contribution in [0.1, 0.15) is 13.8 Å². The lowest BCUT2D eigenvalue weighted by Crippen LogP contribution is -2.46. The lowest BCUT2D eigenvalue weighted by Gasteiger charge is -2.24. The second-order valence-corrected chi connectivity index (χ2v) is 5.32. The minimum Gasteiger partial charge on any atom is -0.480 e. The Morgan fingerprint density at radius 1 is 0.783 bits per heavy atom. The zero-order valence-electron chi connectivity index (χ0n) is 13.2. The summed E-state index contributed by atoms with van der Waals surface area (Å²) in [5.41, 5.74) is 0. The molecule has 0 aliphatic rings. The number of hydrogen-bond donors (Lipinski definition) is 4. The predicted molar refractivity (Wildman–Crippen MR) is 79.1 cm³/mol. The average Bonchev–Trinajstić information content (AvgIpc) is 2.32. The third-order valence-corrected chi connectivity index (χ3v) is 2.63. The highest BCUT2D eigenvalue weighted by Gasteiger charge is 2.18. The molecule has 0 rings (SSSR count). The third-order valence-electron chi connectivity index (χ3n) is 2.63. The molecule has 10 heteroatoms. The normalized spacial score (nSPS) is 11.0. The summed E-state index contributed by atoms with van der Waals surface area (Å²) in [6, 6.07) is -0.0929. The van der Waals surface area contributed by atoms with E-state index in [2.05, 4.69) is 5.32 Å². The van der Waals surface area contributed by atoms with Gasteiger partial charge in [-0.25, -0.2) is 0 Å². The molecular weight excluding hydrogens is 310 g/mol. The van der Waals surface area contributed by atoms with Crippen LogP contribution in [0.4, 0.5) is 0 Å². The molecule has 0 fully saturated rings. The van der Waals surface area contributed by atoms with Crippen molar-refractivity contribution in [3.05, 3.63) is 0 Å². The summed E-state index contributed by atoms with van der Waals surface area (Å²) < 4.78 is 0. The molecule has 0 saturated carbocycles. The first-order valence-corrected chi connectivity index (χ1v) is 6.99. The molecule has 0 heterocycles. The highest BCUT2D eigenvalue weighted by atomic mass is 16.4. The summed E-state index contributed by atoms with van der Waals surface area (Å²) in [6.07, 6.45) is 0. The minimum absolute atomic E-state index is 0.0147. The molecule has 1 amide bonds. The lowest BCUT2D eigenvalue weighted by molar-refractivity contribution is -0.143. The van der Waals surface area contributed by atoms with Crippen LogP contribution in [0.5, 0.6) is 0 Å². The highest BCUT2D eigenvalue weighted by Crippen LogP contribution is 1.95. The zero-order valence-corrected chi connectivity index (χ0v) is 13.2. The van der Waals surface area contributed by atoms with Gasteiger partial charge in [-0.05, 0) is 13.8 Å². The number of hydrogen-bond acceptors (Lipinski definition) is 6. The molecule has 0 bridgehead atoms. The summed E-state index contributed by atoms with van der Waals surface area (Å²) in [7, 11) is 0. The van der Waals surface area contributed by atoms with E-state index in [0.717, 1.165) is 4.90 Å². The van der Waals surface area contributed by atoms with Crippen LogP contribution in [-0.4, -0.2) is 94.2 Å². The van der Waals surface area contributed by atoms with Crippen molar-refractivity contribution in [2.75, 3.05) is 39.3 Å². The fourth-order valence-corrected chi connectivity index (χ4v) is 1.86. The van der Waals surface area contributed by atoms with Gasteiger partial charge >= 0.3 is 17.9 Å². The van der Waals surface area contributed by atoms with Crippen LogP contribution in [0.2, 0.25) is 0 Å². The molecule has 0 aromatic rings. The van der Waals surface area contributed by atoms with E-state index < -0.39 is 37.5 Å². The van der Waals surface area contributed by atoms with Gasteiger partial charge in [0.1, 0.15) is 0 Å². The van der Waals surface area contributed by atoms with Gasteiger partial charge in [0.2, 0.25) is 5.91 Å². The van der Waals surface area contributed by atoms with E-state index in [1.807, 2.05) is 0 Å². The lowest BCUT2D eigenvalue weighted by atomic mass is 10.3. The summed E-state index contributed by atoms with van der Waals surface area (Å²) in [4.78, 5) is 46.4. The van der Waals surface area contributed by atoms with Crippen molar-refractivity contribution in [1.29, 1.82) is 0 Å². The van der Waals surface area contributed by atoms with Crippen LogP contribution >= 0.6 is 0 Å². The first-order valence-electron chi connectivity index (χ1n) is 6.99. The molecule has 0 aliphatic heterocycles. The smallest absolute Gasteiger partial charge is 0.317 e. The molecule has 132 valence electrons. The molecule has 0 spiro atoms. The van der Waals surface area contributed by atoms with E-state index in [9.17, 15) is 19.2 Å². The Hall–Kier alpha value is -2.20. The summed E-state index contributed by atoms with van der Waals surface area (Å²) in [6.45, 7) is 2.07.